The summed E-state index contributed by atoms with van der Waals surface area (Å²) in [5.74, 6) is -58.9. The molecule has 0 amide bonds. The molecule has 0 aliphatic heterocycles. The Bertz CT molecular complexity index is 883. The lowest BCUT2D eigenvalue weighted by Crippen LogP contribution is -2.74. The average molecular weight is 622 g/mol. The number of hydrogen-bond donors (Lipinski definition) is 2. The summed E-state index contributed by atoms with van der Waals surface area (Å²) in [5.41, 5.74) is -0.499. The molecule has 0 aromatic heterocycles. The summed E-state index contributed by atoms with van der Waals surface area (Å²) < 4.78 is 233. The van der Waals surface area contributed by atoms with Crippen LogP contribution in [0.25, 0.3) is 0 Å². The van der Waals surface area contributed by atoms with Crippen molar-refractivity contribution in [3.05, 3.63) is 12.2 Å². The molecule has 2 unspecified atom stereocenters. The number of aliphatic hydroxyl groups is 2. The summed E-state index contributed by atoms with van der Waals surface area (Å²) >= 11 is 0. The Kier molecular flexibility index (Phi) is 10.5. The summed E-state index contributed by atoms with van der Waals surface area (Å²) in [6.07, 6.45) is -15.8. The van der Waals surface area contributed by atoms with E-state index in [0.717, 1.165) is 6.92 Å². The molecule has 0 spiro atoms. The van der Waals surface area contributed by atoms with Crippen LogP contribution in [0.2, 0.25) is 0 Å². The number of alkyl halides is 17. The van der Waals surface area contributed by atoms with E-state index in [0.29, 0.717) is 0 Å². The maximum absolute atomic E-state index is 13.8. The fourth-order valence-electron chi connectivity index (χ4n) is 2.17. The van der Waals surface area contributed by atoms with Gasteiger partial charge in [-0.1, -0.05) is 6.58 Å². The highest BCUT2D eigenvalue weighted by atomic mass is 19.4. The van der Waals surface area contributed by atoms with Crippen LogP contribution in [0.5, 0.6) is 0 Å². The second-order valence-corrected chi connectivity index (χ2v) is 7.57. The van der Waals surface area contributed by atoms with Crippen LogP contribution in [0.4, 0.5) is 74.6 Å². The second kappa shape index (κ2) is 11.1. The van der Waals surface area contributed by atoms with Crippen LogP contribution in [-0.4, -0.2) is 89.4 Å². The molecular formula is C17H15F17O5. The van der Waals surface area contributed by atoms with Crippen molar-refractivity contribution >= 4 is 5.97 Å². The predicted molar refractivity (Wildman–Crippen MR) is 89.0 cm³/mol. The van der Waals surface area contributed by atoms with E-state index in [1.165, 1.54) is 0 Å². The van der Waals surface area contributed by atoms with Gasteiger partial charge in [0.05, 0.1) is 13.2 Å². The zero-order valence-electron chi connectivity index (χ0n) is 18.5. The zero-order valence-corrected chi connectivity index (χ0v) is 18.5. The van der Waals surface area contributed by atoms with E-state index in [1.54, 1.807) is 0 Å². The van der Waals surface area contributed by atoms with Gasteiger partial charge in [-0.05, 0) is 6.92 Å². The molecule has 22 heteroatoms. The monoisotopic (exact) mass is 622 g/mol. The lowest BCUT2D eigenvalue weighted by atomic mass is 9.88. The van der Waals surface area contributed by atoms with E-state index < -0.39 is 91.2 Å². The Labute approximate surface area is 205 Å². The summed E-state index contributed by atoms with van der Waals surface area (Å²) in [6.45, 7) is 0.360. The highest BCUT2D eigenvalue weighted by Crippen LogP contribution is 2.64. The number of ether oxygens (including phenoxy) is 2. The molecule has 5 nitrogen and oxygen atoms in total. The Morgan fingerprint density at radius 3 is 1.41 bits per heavy atom. The fraction of sp³-hybridized carbons (Fsp3) is 0.824. The van der Waals surface area contributed by atoms with Gasteiger partial charge in [-0.25, -0.2) is 4.79 Å². The van der Waals surface area contributed by atoms with Crippen LogP contribution in [-0.2, 0) is 14.3 Å². The van der Waals surface area contributed by atoms with Gasteiger partial charge in [0.15, 0.2) is 0 Å². The lowest BCUT2D eigenvalue weighted by Gasteiger charge is -2.42. The summed E-state index contributed by atoms with van der Waals surface area (Å²) in [7, 11) is 0. The van der Waals surface area contributed by atoms with Crippen molar-refractivity contribution in [1.82, 2.24) is 0 Å². The van der Waals surface area contributed by atoms with Gasteiger partial charge in [0.2, 0.25) is 6.29 Å². The number of halogens is 17. The molecule has 0 aromatic carbocycles. The van der Waals surface area contributed by atoms with Crippen LogP contribution < -0.4 is 0 Å². The summed E-state index contributed by atoms with van der Waals surface area (Å²) in [5, 5.41) is 18.1. The lowest BCUT2D eigenvalue weighted by molar-refractivity contribution is -0.462. The SMILES string of the molecule is C=C(C)C(=O)OC(OCCC(F)(F)C(F)(F)C(F)(F)C(F)(F)C(F)(F)C(F)(F)C(F)(F)C(F)(F)F)C(O)CO. The first kappa shape index (κ1) is 36.9. The Morgan fingerprint density at radius 1 is 0.718 bits per heavy atom. The molecule has 0 saturated heterocycles. The van der Waals surface area contributed by atoms with Crippen molar-refractivity contribution < 1.29 is 99.1 Å². The van der Waals surface area contributed by atoms with Crippen molar-refractivity contribution in [2.75, 3.05) is 13.2 Å². The van der Waals surface area contributed by atoms with Gasteiger partial charge in [-0.2, -0.15) is 74.6 Å². The summed E-state index contributed by atoms with van der Waals surface area (Å²) in [6, 6.07) is 0. The smallest absolute Gasteiger partial charge is 0.429 e. The first-order valence-corrected chi connectivity index (χ1v) is 9.40. The summed E-state index contributed by atoms with van der Waals surface area (Å²) in [4.78, 5) is 11.3. The van der Waals surface area contributed by atoms with E-state index in [4.69, 9.17) is 5.11 Å². The van der Waals surface area contributed by atoms with Crippen LogP contribution >= 0.6 is 0 Å². The molecule has 0 aromatic rings. The molecule has 0 heterocycles. The standard InChI is InChI=1S/C17H15F17O5/c1-6(2)8(37)39-9(7(36)5-35)38-4-3-10(18,19)11(20,21)12(22,23)13(24,25)14(26,27)15(28,29)16(30,31)17(32,33)34/h7,9,35-36H,1,3-5H2,2H3. The molecular weight excluding hydrogens is 607 g/mol. The van der Waals surface area contributed by atoms with Gasteiger partial charge >= 0.3 is 53.6 Å². The number of carbonyl (C=O) groups is 1. The van der Waals surface area contributed by atoms with Crippen molar-refractivity contribution in [2.24, 2.45) is 0 Å². The molecule has 0 rings (SSSR count). The van der Waals surface area contributed by atoms with Crippen molar-refractivity contribution in [1.29, 1.82) is 0 Å². The minimum atomic E-state index is -8.74. The van der Waals surface area contributed by atoms with Crippen LogP contribution in [0.3, 0.4) is 0 Å². The fourth-order valence-corrected chi connectivity index (χ4v) is 2.17. The normalized spacial score (nSPS) is 16.6. The second-order valence-electron chi connectivity index (χ2n) is 7.57. The van der Waals surface area contributed by atoms with E-state index in [2.05, 4.69) is 16.1 Å². The van der Waals surface area contributed by atoms with Gasteiger partial charge in [0, 0.05) is 12.0 Å². The highest BCUT2D eigenvalue weighted by Gasteiger charge is 2.95. The number of esters is 1. The molecule has 0 aliphatic rings. The Morgan fingerprint density at radius 2 is 1.08 bits per heavy atom. The Hall–Kier alpha value is -2.10. The van der Waals surface area contributed by atoms with Gasteiger partial charge in [0.1, 0.15) is 6.10 Å². The maximum Gasteiger partial charge on any atom is 0.460 e. The first-order valence-electron chi connectivity index (χ1n) is 9.40. The van der Waals surface area contributed by atoms with Crippen LogP contribution in [0, 0.1) is 0 Å². The van der Waals surface area contributed by atoms with E-state index in [9.17, 15) is 84.5 Å². The quantitative estimate of drug-likeness (QED) is 0.121. The predicted octanol–water partition coefficient (Wildman–Crippen LogP) is 5.20. The van der Waals surface area contributed by atoms with E-state index >= 15 is 0 Å². The molecule has 0 saturated carbocycles. The number of hydrogen-bond acceptors (Lipinski definition) is 5. The zero-order chi connectivity index (χ0) is 31.8. The van der Waals surface area contributed by atoms with Gasteiger partial charge in [0.25, 0.3) is 0 Å². The molecule has 232 valence electrons. The van der Waals surface area contributed by atoms with Gasteiger partial charge < -0.3 is 19.7 Å². The Balaban J connectivity index is 6.26. The molecule has 0 radical (unpaired) electrons. The third-order valence-electron chi connectivity index (χ3n) is 4.56. The molecule has 2 atom stereocenters. The topological polar surface area (TPSA) is 76.0 Å². The minimum Gasteiger partial charge on any atom is -0.429 e. The third kappa shape index (κ3) is 6.15. The maximum atomic E-state index is 13.8. The largest absolute Gasteiger partial charge is 0.460 e. The average Bonchev–Trinajstić information content (AvgIpc) is 2.75. The molecule has 0 aliphatic carbocycles. The highest BCUT2D eigenvalue weighted by molar-refractivity contribution is 5.87. The first-order chi connectivity index (χ1) is 16.9. The van der Waals surface area contributed by atoms with Crippen molar-refractivity contribution in [2.45, 2.75) is 73.4 Å². The number of rotatable bonds is 14. The third-order valence-corrected chi connectivity index (χ3v) is 4.56. The van der Waals surface area contributed by atoms with E-state index in [1.807, 2.05) is 0 Å². The molecule has 39 heavy (non-hydrogen) atoms. The molecule has 0 fully saturated rings. The molecule has 0 bridgehead atoms. The van der Waals surface area contributed by atoms with Crippen LogP contribution in [0.1, 0.15) is 13.3 Å². The minimum absolute atomic E-state index is 0.499. The van der Waals surface area contributed by atoms with Crippen molar-refractivity contribution in [3.63, 3.8) is 0 Å². The van der Waals surface area contributed by atoms with E-state index in [-0.39, 0.29) is 0 Å². The van der Waals surface area contributed by atoms with Crippen molar-refractivity contribution in [3.8, 4) is 0 Å². The number of aliphatic hydroxyl groups excluding tert-OH is 2. The van der Waals surface area contributed by atoms with Gasteiger partial charge in [-0.3, -0.25) is 0 Å². The molecule has 2 N–H and O–H groups in total. The van der Waals surface area contributed by atoms with Gasteiger partial charge in [-0.15, -0.1) is 0 Å². The van der Waals surface area contributed by atoms with Crippen LogP contribution in [0.15, 0.2) is 12.2 Å². The number of carbonyl (C=O) groups excluding carboxylic acids is 1.